The number of carbonyl (C=O) groups is 1. The van der Waals surface area contributed by atoms with Crippen molar-refractivity contribution in [1.29, 1.82) is 0 Å². The summed E-state index contributed by atoms with van der Waals surface area (Å²) in [6, 6.07) is 0.421. The number of hydrogen-bond donors (Lipinski definition) is 2. The Balaban J connectivity index is 2.12. The van der Waals surface area contributed by atoms with E-state index in [1.54, 1.807) is 0 Å². The molecule has 0 radical (unpaired) electrons. The van der Waals surface area contributed by atoms with E-state index in [0.29, 0.717) is 12.0 Å². The highest BCUT2D eigenvalue weighted by Gasteiger charge is 2.38. The van der Waals surface area contributed by atoms with E-state index >= 15 is 0 Å². The first kappa shape index (κ1) is 14.8. The van der Waals surface area contributed by atoms with Crippen molar-refractivity contribution in [2.75, 3.05) is 13.1 Å². The smallest absolute Gasteiger partial charge is 0.234 e. The number of piperidine rings is 1. The highest BCUT2D eigenvalue weighted by molar-refractivity contribution is 5.80. The zero-order chi connectivity index (χ0) is 13.8. The normalized spacial score (nSPS) is 37.2. The second-order valence-corrected chi connectivity index (χ2v) is 6.30. The van der Waals surface area contributed by atoms with Crippen LogP contribution in [0.15, 0.2) is 0 Å². The van der Waals surface area contributed by atoms with Crippen LogP contribution < -0.4 is 11.5 Å². The van der Waals surface area contributed by atoms with Gasteiger partial charge in [-0.2, -0.15) is 0 Å². The first-order valence-electron chi connectivity index (χ1n) is 7.92. The number of hydrogen-bond acceptors (Lipinski definition) is 3. The van der Waals surface area contributed by atoms with Crippen molar-refractivity contribution >= 4 is 5.91 Å². The highest BCUT2D eigenvalue weighted by Crippen LogP contribution is 2.36. The van der Waals surface area contributed by atoms with Crippen molar-refractivity contribution in [2.45, 2.75) is 64.0 Å². The molecule has 2 rings (SSSR count). The molecule has 2 aliphatic rings. The molecule has 19 heavy (non-hydrogen) atoms. The van der Waals surface area contributed by atoms with Gasteiger partial charge >= 0.3 is 0 Å². The first-order chi connectivity index (χ1) is 9.17. The zero-order valence-corrected chi connectivity index (χ0v) is 12.2. The van der Waals surface area contributed by atoms with Gasteiger partial charge in [0.05, 0.1) is 6.04 Å². The molecule has 1 aliphatic carbocycles. The van der Waals surface area contributed by atoms with E-state index in [-0.39, 0.29) is 11.9 Å². The van der Waals surface area contributed by atoms with Crippen molar-refractivity contribution < 1.29 is 4.79 Å². The fourth-order valence-corrected chi connectivity index (χ4v) is 4.00. The largest absolute Gasteiger partial charge is 0.368 e. The predicted molar refractivity (Wildman–Crippen MR) is 77.5 cm³/mol. The topological polar surface area (TPSA) is 72.3 Å². The summed E-state index contributed by atoms with van der Waals surface area (Å²) < 4.78 is 0. The number of primary amides is 1. The van der Waals surface area contributed by atoms with Gasteiger partial charge < -0.3 is 11.5 Å². The monoisotopic (exact) mass is 267 g/mol. The Hall–Kier alpha value is -0.610. The van der Waals surface area contributed by atoms with Gasteiger partial charge in [-0.1, -0.05) is 26.2 Å². The molecule has 4 N–H and O–H groups in total. The molecule has 4 unspecified atom stereocenters. The Morgan fingerprint density at radius 3 is 2.68 bits per heavy atom. The minimum atomic E-state index is -0.144. The lowest BCUT2D eigenvalue weighted by Gasteiger charge is -2.46. The minimum Gasteiger partial charge on any atom is -0.368 e. The Kier molecular flexibility index (Phi) is 5.22. The maximum absolute atomic E-state index is 11.7. The number of rotatable bonds is 4. The maximum Gasteiger partial charge on any atom is 0.234 e. The summed E-state index contributed by atoms with van der Waals surface area (Å²) in [5, 5.41) is 0. The fraction of sp³-hybridized carbons (Fsp3) is 0.933. The summed E-state index contributed by atoms with van der Waals surface area (Å²) in [6.45, 7) is 4.03. The van der Waals surface area contributed by atoms with Gasteiger partial charge in [0.15, 0.2) is 0 Å². The van der Waals surface area contributed by atoms with E-state index in [2.05, 4.69) is 11.8 Å². The standard InChI is InChI=1S/C15H29N3O/c1-2-11-6-7-12(10-16)14(9-11)18-8-4-3-5-13(18)15(17)19/h11-14H,2-10,16H2,1H3,(H2,17,19). The van der Waals surface area contributed by atoms with Crippen LogP contribution in [0.3, 0.4) is 0 Å². The molecule has 0 aromatic rings. The summed E-state index contributed by atoms with van der Waals surface area (Å²) in [6.07, 6.45) is 8.19. The van der Waals surface area contributed by atoms with Crippen LogP contribution in [0.1, 0.15) is 51.9 Å². The molecular weight excluding hydrogens is 238 g/mol. The summed E-state index contributed by atoms with van der Waals surface area (Å²) in [7, 11) is 0. The third-order valence-electron chi connectivity index (χ3n) is 5.24. The third kappa shape index (κ3) is 3.29. The lowest BCUT2D eigenvalue weighted by atomic mass is 9.75. The molecule has 1 saturated carbocycles. The van der Waals surface area contributed by atoms with Gasteiger partial charge in [-0.05, 0) is 50.6 Å². The molecule has 0 aromatic carbocycles. The van der Waals surface area contributed by atoms with Crippen molar-refractivity contribution in [2.24, 2.45) is 23.3 Å². The van der Waals surface area contributed by atoms with Gasteiger partial charge in [0.2, 0.25) is 5.91 Å². The van der Waals surface area contributed by atoms with Crippen LogP contribution in [0.4, 0.5) is 0 Å². The number of likely N-dealkylation sites (tertiary alicyclic amines) is 1. The van der Waals surface area contributed by atoms with E-state index in [1.807, 2.05) is 0 Å². The Labute approximate surface area is 116 Å². The molecule has 4 atom stereocenters. The molecule has 0 aromatic heterocycles. The van der Waals surface area contributed by atoms with Gasteiger partial charge in [0.25, 0.3) is 0 Å². The first-order valence-corrected chi connectivity index (χ1v) is 7.92. The molecule has 1 heterocycles. The number of amides is 1. The number of nitrogens with two attached hydrogens (primary N) is 2. The van der Waals surface area contributed by atoms with E-state index in [0.717, 1.165) is 31.8 Å². The molecule has 2 fully saturated rings. The molecular formula is C15H29N3O. The molecule has 110 valence electrons. The Bertz CT molecular complexity index is 308. The molecule has 0 bridgehead atoms. The SMILES string of the molecule is CCC1CCC(CN)C(N2CCCCC2C(N)=O)C1. The average molecular weight is 267 g/mol. The molecule has 0 spiro atoms. The molecule has 1 saturated heterocycles. The van der Waals surface area contributed by atoms with Crippen LogP contribution in [-0.2, 0) is 4.79 Å². The third-order valence-corrected chi connectivity index (χ3v) is 5.24. The molecule has 1 aliphatic heterocycles. The van der Waals surface area contributed by atoms with E-state index in [9.17, 15) is 4.79 Å². The molecule has 4 nitrogen and oxygen atoms in total. The Morgan fingerprint density at radius 1 is 1.26 bits per heavy atom. The van der Waals surface area contributed by atoms with Crippen LogP contribution in [0.2, 0.25) is 0 Å². The van der Waals surface area contributed by atoms with Crippen molar-refractivity contribution in [3.63, 3.8) is 0 Å². The van der Waals surface area contributed by atoms with Crippen molar-refractivity contribution in [1.82, 2.24) is 4.90 Å². The second kappa shape index (κ2) is 6.71. The van der Waals surface area contributed by atoms with E-state index in [4.69, 9.17) is 11.5 Å². The van der Waals surface area contributed by atoms with Crippen molar-refractivity contribution in [3.05, 3.63) is 0 Å². The number of carbonyl (C=O) groups excluding carboxylic acids is 1. The summed E-state index contributed by atoms with van der Waals surface area (Å²) >= 11 is 0. The van der Waals surface area contributed by atoms with Gasteiger partial charge in [0, 0.05) is 6.04 Å². The summed E-state index contributed by atoms with van der Waals surface area (Å²) in [5.41, 5.74) is 11.6. The van der Waals surface area contributed by atoms with Crippen LogP contribution in [0.5, 0.6) is 0 Å². The van der Waals surface area contributed by atoms with Crippen LogP contribution in [-0.4, -0.2) is 36.0 Å². The lowest BCUT2D eigenvalue weighted by Crippen LogP contribution is -2.56. The zero-order valence-electron chi connectivity index (χ0n) is 12.2. The van der Waals surface area contributed by atoms with Gasteiger partial charge in [-0.25, -0.2) is 0 Å². The van der Waals surface area contributed by atoms with Gasteiger partial charge in [0.1, 0.15) is 0 Å². The summed E-state index contributed by atoms with van der Waals surface area (Å²) in [5.74, 6) is 1.19. The molecule has 4 heteroatoms. The number of nitrogens with zero attached hydrogens (tertiary/aromatic N) is 1. The minimum absolute atomic E-state index is 0.0524. The van der Waals surface area contributed by atoms with Crippen molar-refractivity contribution in [3.8, 4) is 0 Å². The Morgan fingerprint density at radius 2 is 2.05 bits per heavy atom. The predicted octanol–water partition coefficient (Wildman–Crippen LogP) is 1.48. The second-order valence-electron chi connectivity index (χ2n) is 6.30. The van der Waals surface area contributed by atoms with Crippen LogP contribution in [0.25, 0.3) is 0 Å². The molecule has 1 amide bonds. The highest BCUT2D eigenvalue weighted by atomic mass is 16.1. The average Bonchev–Trinajstić information content (AvgIpc) is 2.46. The van der Waals surface area contributed by atoms with E-state index < -0.39 is 0 Å². The van der Waals surface area contributed by atoms with E-state index in [1.165, 1.54) is 32.1 Å². The van der Waals surface area contributed by atoms with Crippen LogP contribution >= 0.6 is 0 Å². The summed E-state index contributed by atoms with van der Waals surface area (Å²) in [4.78, 5) is 14.1. The quantitative estimate of drug-likeness (QED) is 0.810. The maximum atomic E-state index is 11.7. The lowest BCUT2D eigenvalue weighted by molar-refractivity contribution is -0.126. The fourth-order valence-electron chi connectivity index (χ4n) is 4.00. The van der Waals surface area contributed by atoms with Gasteiger partial charge in [-0.3, -0.25) is 9.69 Å². The van der Waals surface area contributed by atoms with Crippen LogP contribution in [0, 0.1) is 11.8 Å². The van der Waals surface area contributed by atoms with Gasteiger partial charge in [-0.15, -0.1) is 0 Å².